The van der Waals surface area contributed by atoms with Gasteiger partial charge in [-0.2, -0.15) is 5.26 Å². The molecule has 116 valence electrons. The molecule has 0 saturated carbocycles. The molecule has 0 aromatic carbocycles. The van der Waals surface area contributed by atoms with Crippen LogP contribution in [0.4, 0.5) is 0 Å². The highest BCUT2D eigenvalue weighted by Gasteiger charge is 2.30. The third-order valence-electron chi connectivity index (χ3n) is 3.25. The van der Waals surface area contributed by atoms with E-state index in [9.17, 15) is 10.1 Å². The second kappa shape index (κ2) is 6.94. The van der Waals surface area contributed by atoms with Crippen molar-refractivity contribution in [3.05, 3.63) is 17.5 Å². The van der Waals surface area contributed by atoms with Crippen LogP contribution in [0.3, 0.4) is 0 Å². The summed E-state index contributed by atoms with van der Waals surface area (Å²) in [5, 5.41) is 22.0. The zero-order valence-electron chi connectivity index (χ0n) is 12.5. The second-order valence-corrected chi connectivity index (χ2v) is 7.03. The van der Waals surface area contributed by atoms with E-state index in [1.807, 2.05) is 31.4 Å². The van der Waals surface area contributed by atoms with E-state index in [1.165, 1.54) is 11.3 Å². The number of rotatable bonds is 6. The molecule has 1 amide bonds. The number of carbonyl (C=O) groups excluding carboxylic acids is 1. The van der Waals surface area contributed by atoms with Gasteiger partial charge < -0.3 is 9.73 Å². The Balaban J connectivity index is 1.91. The normalized spacial score (nSPS) is 13.6. The van der Waals surface area contributed by atoms with E-state index in [0.717, 1.165) is 16.6 Å². The molecule has 0 spiro atoms. The maximum atomic E-state index is 12.0. The molecule has 2 heterocycles. The summed E-state index contributed by atoms with van der Waals surface area (Å²) in [6.07, 6.45) is 0. The Bertz CT molecular complexity index is 675. The molecule has 0 radical (unpaired) electrons. The first-order valence-corrected chi connectivity index (χ1v) is 8.53. The lowest BCUT2D eigenvalue weighted by molar-refractivity contribution is -0.120. The highest BCUT2D eigenvalue weighted by molar-refractivity contribution is 7.99. The fraction of sp³-hybridized carbons (Fsp3) is 0.429. The van der Waals surface area contributed by atoms with E-state index in [1.54, 1.807) is 6.92 Å². The van der Waals surface area contributed by atoms with E-state index >= 15 is 0 Å². The van der Waals surface area contributed by atoms with Gasteiger partial charge in [-0.3, -0.25) is 4.79 Å². The quantitative estimate of drug-likeness (QED) is 0.815. The van der Waals surface area contributed by atoms with Crippen molar-refractivity contribution in [1.29, 1.82) is 5.26 Å². The molecule has 2 rings (SSSR count). The van der Waals surface area contributed by atoms with Crippen molar-refractivity contribution >= 4 is 29.0 Å². The van der Waals surface area contributed by atoms with Gasteiger partial charge in [0.2, 0.25) is 5.91 Å². The van der Waals surface area contributed by atoms with Gasteiger partial charge in [0, 0.05) is 0 Å². The first-order chi connectivity index (χ1) is 10.4. The fourth-order valence-electron chi connectivity index (χ4n) is 1.52. The number of thiophene rings is 1. The molecule has 0 unspecified atom stereocenters. The Morgan fingerprint density at radius 3 is 2.95 bits per heavy atom. The molecular weight excluding hydrogens is 320 g/mol. The van der Waals surface area contributed by atoms with E-state index in [2.05, 4.69) is 21.6 Å². The lowest BCUT2D eigenvalue weighted by Crippen LogP contribution is -2.49. The van der Waals surface area contributed by atoms with Crippen LogP contribution in [0.15, 0.2) is 27.2 Å². The van der Waals surface area contributed by atoms with E-state index in [0.29, 0.717) is 11.1 Å². The second-order valence-electron chi connectivity index (χ2n) is 5.16. The molecule has 1 N–H and O–H groups in total. The molecule has 2 aromatic rings. The maximum Gasteiger partial charge on any atom is 0.277 e. The Hall–Kier alpha value is -1.85. The minimum atomic E-state index is -0.880. The van der Waals surface area contributed by atoms with E-state index < -0.39 is 5.54 Å². The average molecular weight is 336 g/mol. The molecule has 0 aliphatic carbocycles. The van der Waals surface area contributed by atoms with Crippen molar-refractivity contribution < 1.29 is 9.21 Å². The summed E-state index contributed by atoms with van der Waals surface area (Å²) >= 11 is 2.66. The molecule has 0 aliphatic heterocycles. The Morgan fingerprint density at radius 2 is 2.36 bits per heavy atom. The van der Waals surface area contributed by atoms with Gasteiger partial charge in [-0.1, -0.05) is 31.7 Å². The summed E-state index contributed by atoms with van der Waals surface area (Å²) in [4.78, 5) is 12.8. The molecule has 8 heteroatoms. The number of thioether (sulfide) groups is 1. The summed E-state index contributed by atoms with van der Waals surface area (Å²) in [6, 6.07) is 5.93. The fourth-order valence-corrected chi connectivity index (χ4v) is 2.73. The Labute approximate surface area is 136 Å². The third kappa shape index (κ3) is 3.87. The number of hydrogen-bond acceptors (Lipinski definition) is 7. The van der Waals surface area contributed by atoms with Gasteiger partial charge in [0.15, 0.2) is 0 Å². The number of nitriles is 1. The standard InChI is InChI=1S/C14H16N4O2S2/c1-9(2)14(3,8-15)16-11(19)7-22-13-18-17-12(20-13)10-5-4-6-21-10/h4-6,9H,7H2,1-3H3,(H,16,19)/t14-/m0/s1. The highest BCUT2D eigenvalue weighted by atomic mass is 32.2. The smallest absolute Gasteiger partial charge is 0.277 e. The topological polar surface area (TPSA) is 91.8 Å². The zero-order chi connectivity index (χ0) is 16.2. The molecule has 0 saturated heterocycles. The van der Waals surface area contributed by atoms with Gasteiger partial charge in [0.25, 0.3) is 11.1 Å². The van der Waals surface area contributed by atoms with Crippen molar-refractivity contribution in [2.24, 2.45) is 5.92 Å². The SMILES string of the molecule is CC(C)[C@](C)(C#N)NC(=O)CSc1nnc(-c2cccs2)o1. The Morgan fingerprint density at radius 1 is 1.59 bits per heavy atom. The molecular formula is C14H16N4O2S2. The van der Waals surface area contributed by atoms with Gasteiger partial charge in [0.05, 0.1) is 16.7 Å². The Kier molecular flexibility index (Phi) is 5.21. The van der Waals surface area contributed by atoms with Crippen LogP contribution in [0.2, 0.25) is 0 Å². The van der Waals surface area contributed by atoms with Crippen LogP contribution in [0.25, 0.3) is 10.8 Å². The van der Waals surface area contributed by atoms with Crippen LogP contribution in [-0.2, 0) is 4.79 Å². The van der Waals surface area contributed by atoms with Gasteiger partial charge in [-0.15, -0.1) is 21.5 Å². The average Bonchev–Trinajstić information content (AvgIpc) is 3.15. The third-order valence-corrected chi connectivity index (χ3v) is 4.93. The molecule has 1 atom stereocenters. The highest BCUT2D eigenvalue weighted by Crippen LogP contribution is 2.26. The van der Waals surface area contributed by atoms with E-state index in [4.69, 9.17) is 4.42 Å². The van der Waals surface area contributed by atoms with Gasteiger partial charge in [-0.25, -0.2) is 0 Å². The minimum absolute atomic E-state index is 0.0142. The number of carbonyl (C=O) groups is 1. The van der Waals surface area contributed by atoms with Crippen LogP contribution < -0.4 is 5.32 Å². The summed E-state index contributed by atoms with van der Waals surface area (Å²) in [6.45, 7) is 5.49. The van der Waals surface area contributed by atoms with Crippen LogP contribution in [0, 0.1) is 17.2 Å². The van der Waals surface area contributed by atoms with Crippen molar-refractivity contribution in [2.75, 3.05) is 5.75 Å². The van der Waals surface area contributed by atoms with Crippen LogP contribution in [0.1, 0.15) is 20.8 Å². The number of nitrogens with one attached hydrogen (secondary N) is 1. The summed E-state index contributed by atoms with van der Waals surface area (Å²) in [5.41, 5.74) is -0.880. The number of nitrogens with zero attached hydrogens (tertiary/aromatic N) is 3. The van der Waals surface area contributed by atoms with E-state index in [-0.39, 0.29) is 17.6 Å². The lowest BCUT2D eigenvalue weighted by atomic mass is 9.90. The molecule has 6 nitrogen and oxygen atoms in total. The first kappa shape index (κ1) is 16.5. The van der Waals surface area contributed by atoms with Crippen molar-refractivity contribution in [3.8, 4) is 16.8 Å². The molecule has 0 aliphatic rings. The maximum absolute atomic E-state index is 12.0. The lowest BCUT2D eigenvalue weighted by Gasteiger charge is -2.27. The zero-order valence-corrected chi connectivity index (χ0v) is 14.1. The largest absolute Gasteiger partial charge is 0.410 e. The van der Waals surface area contributed by atoms with Gasteiger partial charge >= 0.3 is 0 Å². The number of amides is 1. The molecule has 0 bridgehead atoms. The van der Waals surface area contributed by atoms with Crippen LogP contribution in [-0.4, -0.2) is 27.4 Å². The van der Waals surface area contributed by atoms with Crippen molar-refractivity contribution in [2.45, 2.75) is 31.5 Å². The first-order valence-electron chi connectivity index (χ1n) is 6.67. The van der Waals surface area contributed by atoms with Crippen molar-refractivity contribution in [3.63, 3.8) is 0 Å². The summed E-state index contributed by atoms with van der Waals surface area (Å²) in [7, 11) is 0. The van der Waals surface area contributed by atoms with Gasteiger partial charge in [0.1, 0.15) is 5.54 Å². The summed E-state index contributed by atoms with van der Waals surface area (Å²) in [5.74, 6) is 0.344. The predicted molar refractivity (Wildman–Crippen MR) is 85.3 cm³/mol. The number of aromatic nitrogens is 2. The number of hydrogen-bond donors (Lipinski definition) is 1. The predicted octanol–water partition coefficient (Wildman–Crippen LogP) is 2.94. The monoisotopic (exact) mass is 336 g/mol. The van der Waals surface area contributed by atoms with Crippen molar-refractivity contribution in [1.82, 2.24) is 15.5 Å². The van der Waals surface area contributed by atoms with Gasteiger partial charge in [-0.05, 0) is 24.3 Å². The van der Waals surface area contributed by atoms with Crippen LogP contribution in [0.5, 0.6) is 0 Å². The molecule has 22 heavy (non-hydrogen) atoms. The molecule has 2 aromatic heterocycles. The molecule has 0 fully saturated rings. The summed E-state index contributed by atoms with van der Waals surface area (Å²) < 4.78 is 5.49. The van der Waals surface area contributed by atoms with Crippen LogP contribution >= 0.6 is 23.1 Å². The minimum Gasteiger partial charge on any atom is -0.410 e.